The monoisotopic (exact) mass is 384 g/mol. The summed E-state index contributed by atoms with van der Waals surface area (Å²) < 4.78 is 0. The van der Waals surface area contributed by atoms with Gasteiger partial charge < -0.3 is 20.9 Å². The van der Waals surface area contributed by atoms with Crippen LogP contribution in [0.2, 0.25) is 0 Å². The maximum atomic E-state index is 10.5. The molecule has 1 heterocycles. The van der Waals surface area contributed by atoms with E-state index in [2.05, 4.69) is 29.2 Å². The minimum Gasteiger partial charge on any atom is -0.508 e. The largest absolute Gasteiger partial charge is 0.508 e. The lowest BCUT2D eigenvalue weighted by molar-refractivity contribution is 0.0696. The van der Waals surface area contributed by atoms with Gasteiger partial charge in [0.1, 0.15) is 5.75 Å². The minimum atomic E-state index is -0.935. The second-order valence-corrected chi connectivity index (χ2v) is 6.94. The second kappa shape index (κ2) is 7.20. The van der Waals surface area contributed by atoms with Gasteiger partial charge in [-0.1, -0.05) is 42.5 Å². The molecule has 0 atom stereocenters. The van der Waals surface area contributed by atoms with E-state index < -0.39 is 5.97 Å². The maximum absolute atomic E-state index is 10.5. The number of carboxylic acid groups (broad SMARTS) is 1. The van der Waals surface area contributed by atoms with Crippen LogP contribution >= 0.6 is 0 Å². The standard InChI is InChI=1S/C16H11NO.C8H9NO2/c18-11-7-5-10-6-8-13-12-3-1-2-4-15(12)17-16(13)14(10)9-11;1-5-2-3-6(9)4-7(5)8(10)11/h1-9,17-18H;2-4H,9H2,1H3,(H,10,11). The van der Waals surface area contributed by atoms with E-state index in [1.54, 1.807) is 25.1 Å². The number of hydrogen-bond acceptors (Lipinski definition) is 3. The molecule has 0 fully saturated rings. The van der Waals surface area contributed by atoms with Crippen LogP contribution in [0.5, 0.6) is 5.75 Å². The van der Waals surface area contributed by atoms with Gasteiger partial charge in [-0.3, -0.25) is 0 Å². The van der Waals surface area contributed by atoms with Crippen molar-refractivity contribution in [1.82, 2.24) is 4.98 Å². The molecular formula is C24H20N2O3. The van der Waals surface area contributed by atoms with Gasteiger partial charge in [-0.25, -0.2) is 4.79 Å². The molecule has 0 unspecified atom stereocenters. The van der Waals surface area contributed by atoms with Crippen LogP contribution in [0.15, 0.2) is 72.8 Å². The molecule has 1 aromatic heterocycles. The van der Waals surface area contributed by atoms with E-state index in [0.717, 1.165) is 27.4 Å². The molecular weight excluding hydrogens is 364 g/mol. The van der Waals surface area contributed by atoms with E-state index >= 15 is 0 Å². The van der Waals surface area contributed by atoms with Crippen LogP contribution in [0.1, 0.15) is 15.9 Å². The van der Waals surface area contributed by atoms with Crippen molar-refractivity contribution in [2.45, 2.75) is 6.92 Å². The molecule has 5 rings (SSSR count). The Bertz CT molecular complexity index is 1370. The zero-order valence-electron chi connectivity index (χ0n) is 15.8. The van der Waals surface area contributed by atoms with Crippen molar-refractivity contribution in [3.05, 3.63) is 83.9 Å². The summed E-state index contributed by atoms with van der Waals surface area (Å²) in [5, 5.41) is 22.9. The van der Waals surface area contributed by atoms with Gasteiger partial charge in [-0.05, 0) is 48.2 Å². The summed E-state index contributed by atoms with van der Waals surface area (Å²) in [7, 11) is 0. The number of rotatable bonds is 1. The zero-order chi connectivity index (χ0) is 20.5. The van der Waals surface area contributed by atoms with Gasteiger partial charge in [0, 0.05) is 27.4 Å². The van der Waals surface area contributed by atoms with Crippen LogP contribution in [-0.2, 0) is 0 Å². The first kappa shape index (κ1) is 18.4. The molecule has 5 aromatic rings. The Labute approximate surface area is 167 Å². The quantitative estimate of drug-likeness (QED) is 0.289. The van der Waals surface area contributed by atoms with Crippen LogP contribution in [0.3, 0.4) is 0 Å². The Morgan fingerprint density at radius 1 is 0.897 bits per heavy atom. The number of anilines is 1. The fraction of sp³-hybridized carbons (Fsp3) is 0.0417. The normalized spacial score (nSPS) is 10.8. The number of nitrogens with two attached hydrogens (primary N) is 1. The van der Waals surface area contributed by atoms with Crippen molar-refractivity contribution in [2.75, 3.05) is 5.73 Å². The molecule has 0 saturated heterocycles. The number of phenolic OH excluding ortho intramolecular Hbond substituents is 1. The first-order valence-electron chi connectivity index (χ1n) is 9.15. The number of para-hydroxylation sites is 1. The molecule has 0 saturated carbocycles. The molecule has 29 heavy (non-hydrogen) atoms. The Hall–Kier alpha value is -3.99. The fourth-order valence-corrected chi connectivity index (χ4v) is 3.50. The van der Waals surface area contributed by atoms with Crippen molar-refractivity contribution in [3.8, 4) is 5.75 Å². The van der Waals surface area contributed by atoms with E-state index in [4.69, 9.17) is 10.8 Å². The molecule has 0 radical (unpaired) electrons. The first-order chi connectivity index (χ1) is 13.9. The number of nitrogen functional groups attached to an aromatic ring is 1. The lowest BCUT2D eigenvalue weighted by Crippen LogP contribution is -2.00. The molecule has 0 bridgehead atoms. The zero-order valence-corrected chi connectivity index (χ0v) is 15.8. The van der Waals surface area contributed by atoms with Crippen molar-refractivity contribution in [3.63, 3.8) is 0 Å². The van der Waals surface area contributed by atoms with Gasteiger partial charge in [0.15, 0.2) is 0 Å². The maximum Gasteiger partial charge on any atom is 0.336 e. The highest BCUT2D eigenvalue weighted by atomic mass is 16.4. The van der Waals surface area contributed by atoms with E-state index in [-0.39, 0.29) is 5.56 Å². The number of aromatic amines is 1. The molecule has 0 spiro atoms. The Kier molecular flexibility index (Phi) is 4.56. The number of carbonyl (C=O) groups is 1. The number of aromatic carboxylic acids is 1. The lowest BCUT2D eigenvalue weighted by atomic mass is 10.1. The highest BCUT2D eigenvalue weighted by molar-refractivity contribution is 6.17. The molecule has 0 aliphatic carbocycles. The van der Waals surface area contributed by atoms with Gasteiger partial charge in [0.2, 0.25) is 0 Å². The van der Waals surface area contributed by atoms with E-state index in [1.807, 2.05) is 24.3 Å². The molecule has 5 nitrogen and oxygen atoms in total. The highest BCUT2D eigenvalue weighted by Gasteiger charge is 2.07. The number of phenols is 1. The number of carboxylic acids is 1. The summed E-state index contributed by atoms with van der Waals surface area (Å²) in [5.41, 5.74) is 9.09. The Morgan fingerprint density at radius 2 is 1.66 bits per heavy atom. The van der Waals surface area contributed by atoms with Crippen LogP contribution < -0.4 is 5.73 Å². The number of benzene rings is 4. The first-order valence-corrected chi connectivity index (χ1v) is 9.15. The summed E-state index contributed by atoms with van der Waals surface area (Å²) in [6, 6.07) is 22.8. The third-order valence-electron chi connectivity index (χ3n) is 4.97. The third-order valence-corrected chi connectivity index (χ3v) is 4.97. The number of nitrogens with one attached hydrogen (secondary N) is 1. The van der Waals surface area contributed by atoms with Gasteiger partial charge in [-0.15, -0.1) is 0 Å². The van der Waals surface area contributed by atoms with Gasteiger partial charge >= 0.3 is 5.97 Å². The lowest BCUT2D eigenvalue weighted by Gasteiger charge is -2.00. The van der Waals surface area contributed by atoms with Gasteiger partial charge in [0.05, 0.1) is 11.1 Å². The summed E-state index contributed by atoms with van der Waals surface area (Å²) in [6.45, 7) is 1.74. The fourth-order valence-electron chi connectivity index (χ4n) is 3.50. The number of aromatic hydroxyl groups is 1. The van der Waals surface area contributed by atoms with E-state index in [9.17, 15) is 9.90 Å². The number of aryl methyl sites for hydroxylation is 1. The minimum absolute atomic E-state index is 0.269. The van der Waals surface area contributed by atoms with Crippen molar-refractivity contribution in [2.24, 2.45) is 0 Å². The third kappa shape index (κ3) is 3.46. The molecule has 0 amide bonds. The Balaban J connectivity index is 0.000000161. The molecule has 144 valence electrons. The van der Waals surface area contributed by atoms with Crippen LogP contribution in [0.25, 0.3) is 32.6 Å². The number of aromatic nitrogens is 1. The molecule has 0 aliphatic rings. The molecule has 0 aliphatic heterocycles. The Morgan fingerprint density at radius 3 is 2.41 bits per heavy atom. The SMILES string of the molecule is Cc1ccc(N)cc1C(=O)O.Oc1ccc2ccc3c4ccccc4[nH]c3c2c1. The molecule has 5 heteroatoms. The summed E-state index contributed by atoms with van der Waals surface area (Å²) in [6.07, 6.45) is 0. The van der Waals surface area contributed by atoms with Crippen LogP contribution in [-0.4, -0.2) is 21.2 Å². The van der Waals surface area contributed by atoms with Crippen molar-refractivity contribution >= 4 is 44.2 Å². The number of H-pyrrole nitrogens is 1. The second-order valence-electron chi connectivity index (χ2n) is 6.94. The number of fused-ring (bicyclic) bond motifs is 5. The summed E-state index contributed by atoms with van der Waals surface area (Å²) in [5.74, 6) is -0.636. The average molecular weight is 384 g/mol. The smallest absolute Gasteiger partial charge is 0.336 e. The molecule has 4 aromatic carbocycles. The molecule has 5 N–H and O–H groups in total. The topological polar surface area (TPSA) is 99.3 Å². The number of hydrogen-bond donors (Lipinski definition) is 4. The average Bonchev–Trinajstić information content (AvgIpc) is 3.09. The van der Waals surface area contributed by atoms with Crippen molar-refractivity contribution < 1.29 is 15.0 Å². The highest BCUT2D eigenvalue weighted by Crippen LogP contribution is 2.32. The van der Waals surface area contributed by atoms with E-state index in [0.29, 0.717) is 11.4 Å². The predicted octanol–water partition coefficient (Wildman–Crippen LogP) is 5.46. The van der Waals surface area contributed by atoms with E-state index in [1.165, 1.54) is 16.8 Å². The van der Waals surface area contributed by atoms with Crippen LogP contribution in [0.4, 0.5) is 5.69 Å². The summed E-state index contributed by atoms with van der Waals surface area (Å²) >= 11 is 0. The van der Waals surface area contributed by atoms with Gasteiger partial charge in [-0.2, -0.15) is 0 Å². The predicted molar refractivity (Wildman–Crippen MR) is 118 cm³/mol. The summed E-state index contributed by atoms with van der Waals surface area (Å²) in [4.78, 5) is 14.0. The van der Waals surface area contributed by atoms with Crippen molar-refractivity contribution in [1.29, 1.82) is 0 Å². The van der Waals surface area contributed by atoms with Crippen LogP contribution in [0, 0.1) is 6.92 Å². The van der Waals surface area contributed by atoms with Gasteiger partial charge in [0.25, 0.3) is 0 Å².